The molecule has 6 bridgehead atoms. The molecule has 0 aliphatic heterocycles. The zero-order valence-corrected chi connectivity index (χ0v) is 16.4. The van der Waals surface area contributed by atoms with Crippen LogP contribution in [0.2, 0.25) is 0 Å². The van der Waals surface area contributed by atoms with Crippen LogP contribution >= 0.6 is 0 Å². The number of esters is 1. The maximum Gasteiger partial charge on any atom is 0.351 e. The molecule has 3 atom stereocenters. The number of fused-ring (bicyclic) bond motifs is 2. The average Bonchev–Trinajstić information content (AvgIpc) is 2.85. The molecule has 0 heterocycles. The van der Waals surface area contributed by atoms with E-state index in [0.717, 1.165) is 49.9 Å². The average molecular weight is 360 g/mol. The van der Waals surface area contributed by atoms with Gasteiger partial charge in [0.2, 0.25) is 5.60 Å². The molecule has 0 radical (unpaired) electrons. The molecule has 4 nitrogen and oxygen atoms in total. The summed E-state index contributed by atoms with van der Waals surface area (Å²) in [7, 11) is 0. The minimum Gasteiger partial charge on any atom is -0.456 e. The normalized spacial score (nSPS) is 52.9. The van der Waals surface area contributed by atoms with Gasteiger partial charge in [0.05, 0.1) is 0 Å². The molecule has 6 saturated carbocycles. The van der Waals surface area contributed by atoms with Crippen molar-refractivity contribution in [1.29, 1.82) is 0 Å². The van der Waals surface area contributed by atoms with E-state index in [9.17, 15) is 9.59 Å². The minimum absolute atomic E-state index is 0.0174. The van der Waals surface area contributed by atoms with E-state index in [1.54, 1.807) is 0 Å². The molecule has 0 aromatic heterocycles. The highest BCUT2D eigenvalue weighted by atomic mass is 16.6. The van der Waals surface area contributed by atoms with Crippen molar-refractivity contribution in [2.24, 2.45) is 34.5 Å². The first-order valence-corrected chi connectivity index (χ1v) is 10.6. The first-order chi connectivity index (χ1) is 12.2. The van der Waals surface area contributed by atoms with E-state index in [-0.39, 0.29) is 22.4 Å². The van der Waals surface area contributed by atoms with Crippen LogP contribution in [0.25, 0.3) is 0 Å². The Morgan fingerprint density at radius 3 is 1.96 bits per heavy atom. The molecule has 26 heavy (non-hydrogen) atoms. The summed E-state index contributed by atoms with van der Waals surface area (Å²) in [5.74, 6) is 2.35. The van der Waals surface area contributed by atoms with E-state index in [4.69, 9.17) is 9.47 Å². The van der Waals surface area contributed by atoms with Gasteiger partial charge in [-0.15, -0.1) is 0 Å². The predicted molar refractivity (Wildman–Crippen MR) is 96.1 cm³/mol. The third kappa shape index (κ3) is 1.91. The zero-order chi connectivity index (χ0) is 18.4. The summed E-state index contributed by atoms with van der Waals surface area (Å²) in [6, 6.07) is 0. The molecule has 6 rings (SSSR count). The Kier molecular flexibility index (Phi) is 3.32. The van der Waals surface area contributed by atoms with Gasteiger partial charge < -0.3 is 9.47 Å². The number of hydrogen-bond donors (Lipinski definition) is 0. The first kappa shape index (κ1) is 17.1. The lowest BCUT2D eigenvalue weighted by atomic mass is 9.54. The van der Waals surface area contributed by atoms with Gasteiger partial charge >= 0.3 is 5.97 Å². The van der Waals surface area contributed by atoms with Crippen LogP contribution < -0.4 is 0 Å². The molecule has 0 aromatic rings. The van der Waals surface area contributed by atoms with Crippen LogP contribution in [0.3, 0.4) is 0 Å². The summed E-state index contributed by atoms with van der Waals surface area (Å²) in [6.45, 7) is 7.10. The third-order valence-corrected chi connectivity index (χ3v) is 9.73. The van der Waals surface area contributed by atoms with Crippen molar-refractivity contribution in [1.82, 2.24) is 0 Å². The van der Waals surface area contributed by atoms with Crippen molar-refractivity contribution in [2.45, 2.75) is 89.8 Å². The van der Waals surface area contributed by atoms with Crippen molar-refractivity contribution in [3.05, 3.63) is 0 Å². The predicted octanol–water partition coefficient (Wildman–Crippen LogP) is 4.26. The molecule has 4 heteroatoms. The Morgan fingerprint density at radius 1 is 0.962 bits per heavy atom. The fraction of sp³-hybridized carbons (Fsp3) is 0.909. The van der Waals surface area contributed by atoms with Gasteiger partial charge in [-0.3, -0.25) is 4.79 Å². The van der Waals surface area contributed by atoms with Crippen LogP contribution in [0, 0.1) is 34.5 Å². The highest BCUT2D eigenvalue weighted by Gasteiger charge is 2.75. The standard InChI is InChI=1S/C22H32O4/c1-19(2)17-4-5-20(19,3)22(12-17,25-13-23)18(24)26-21-9-14-6-15(10-21)8-16(7-14)11-21/h13-17H,4-12H2,1-3H3. The summed E-state index contributed by atoms with van der Waals surface area (Å²) >= 11 is 0. The molecule has 3 unspecified atom stereocenters. The van der Waals surface area contributed by atoms with Crippen LogP contribution in [0.15, 0.2) is 0 Å². The maximum absolute atomic E-state index is 13.6. The molecule has 0 aromatic carbocycles. The lowest BCUT2D eigenvalue weighted by Crippen LogP contribution is -2.60. The van der Waals surface area contributed by atoms with Gasteiger partial charge in [-0.05, 0) is 80.5 Å². The quantitative estimate of drug-likeness (QED) is 0.555. The van der Waals surface area contributed by atoms with Gasteiger partial charge in [0, 0.05) is 11.8 Å². The summed E-state index contributed by atoms with van der Waals surface area (Å²) in [5.41, 5.74) is -1.74. The van der Waals surface area contributed by atoms with E-state index >= 15 is 0 Å². The summed E-state index contributed by atoms with van der Waals surface area (Å²) < 4.78 is 12.1. The number of carbonyl (C=O) groups excluding carboxylic acids is 2. The molecular formula is C22H32O4. The van der Waals surface area contributed by atoms with Crippen LogP contribution in [-0.4, -0.2) is 23.6 Å². The molecule has 0 saturated heterocycles. The second-order valence-electron chi connectivity index (χ2n) is 11.0. The van der Waals surface area contributed by atoms with Gasteiger partial charge in [0.15, 0.2) is 0 Å². The van der Waals surface area contributed by atoms with E-state index in [0.29, 0.717) is 18.8 Å². The SMILES string of the molecule is CC1(C)C2CCC1(C)C(OC=O)(C(=O)OC13CC4CC(CC(C4)C1)C3)C2. The topological polar surface area (TPSA) is 52.6 Å². The minimum atomic E-state index is -1.09. The molecular weight excluding hydrogens is 328 g/mol. The van der Waals surface area contributed by atoms with Crippen LogP contribution in [0.5, 0.6) is 0 Å². The second kappa shape index (κ2) is 5.05. The van der Waals surface area contributed by atoms with E-state index < -0.39 is 5.60 Å². The van der Waals surface area contributed by atoms with Crippen molar-refractivity contribution >= 4 is 12.4 Å². The van der Waals surface area contributed by atoms with Crippen molar-refractivity contribution in [3.63, 3.8) is 0 Å². The number of hydrogen-bond acceptors (Lipinski definition) is 4. The highest BCUT2D eigenvalue weighted by Crippen LogP contribution is 2.71. The van der Waals surface area contributed by atoms with Crippen molar-refractivity contribution in [2.75, 3.05) is 0 Å². The molecule has 6 aliphatic rings. The number of ether oxygens (including phenoxy) is 2. The van der Waals surface area contributed by atoms with Crippen molar-refractivity contribution < 1.29 is 19.1 Å². The maximum atomic E-state index is 13.6. The van der Waals surface area contributed by atoms with Crippen molar-refractivity contribution in [3.8, 4) is 0 Å². The molecule has 144 valence electrons. The van der Waals surface area contributed by atoms with E-state index in [1.165, 1.54) is 19.3 Å². The lowest BCUT2D eigenvalue weighted by Gasteiger charge is -2.56. The second-order valence-corrected chi connectivity index (χ2v) is 11.0. The van der Waals surface area contributed by atoms with Gasteiger partial charge in [0.25, 0.3) is 6.47 Å². The Morgan fingerprint density at radius 2 is 1.54 bits per heavy atom. The fourth-order valence-corrected chi connectivity index (χ4v) is 8.30. The smallest absolute Gasteiger partial charge is 0.351 e. The fourth-order valence-electron chi connectivity index (χ4n) is 8.30. The Bertz CT molecular complexity index is 617. The molecule has 6 aliphatic carbocycles. The van der Waals surface area contributed by atoms with E-state index in [2.05, 4.69) is 20.8 Å². The summed E-state index contributed by atoms with van der Waals surface area (Å²) in [4.78, 5) is 25.1. The lowest BCUT2D eigenvalue weighted by molar-refractivity contribution is -0.222. The number of rotatable bonds is 4. The third-order valence-electron chi connectivity index (χ3n) is 9.73. The highest BCUT2D eigenvalue weighted by molar-refractivity contribution is 5.84. The number of carbonyl (C=O) groups is 2. The van der Waals surface area contributed by atoms with Crippen LogP contribution in [-0.2, 0) is 19.1 Å². The molecule has 0 amide bonds. The molecule has 0 spiro atoms. The summed E-state index contributed by atoms with van der Waals surface area (Å²) in [6.07, 6.45) is 9.67. The summed E-state index contributed by atoms with van der Waals surface area (Å²) in [5, 5.41) is 0. The van der Waals surface area contributed by atoms with Gasteiger partial charge in [-0.25, -0.2) is 4.79 Å². The van der Waals surface area contributed by atoms with Gasteiger partial charge in [0.1, 0.15) is 5.60 Å². The Balaban J connectivity index is 1.46. The van der Waals surface area contributed by atoms with Gasteiger partial charge in [-0.2, -0.15) is 0 Å². The van der Waals surface area contributed by atoms with Crippen LogP contribution in [0.4, 0.5) is 0 Å². The Labute approximate surface area is 156 Å². The molecule has 0 N–H and O–H groups in total. The van der Waals surface area contributed by atoms with Gasteiger partial charge in [-0.1, -0.05) is 20.8 Å². The monoisotopic (exact) mass is 360 g/mol. The van der Waals surface area contributed by atoms with E-state index in [1.807, 2.05) is 0 Å². The Hall–Kier alpha value is -1.06. The zero-order valence-electron chi connectivity index (χ0n) is 16.4. The van der Waals surface area contributed by atoms with Crippen LogP contribution in [0.1, 0.15) is 78.6 Å². The molecule has 6 fully saturated rings. The first-order valence-electron chi connectivity index (χ1n) is 10.6. The largest absolute Gasteiger partial charge is 0.456 e.